The van der Waals surface area contributed by atoms with Gasteiger partial charge in [-0.15, -0.1) is 53.6 Å². The molecule has 6 heteroatoms. The Kier molecular flexibility index (Phi) is 12.8. The minimum atomic E-state index is -0.354. The molecule has 0 unspecified atom stereocenters. The molecule has 70 heavy (non-hydrogen) atoms. The molecule has 1 aliphatic heterocycles. The average molecular weight is 1100 g/mol. The van der Waals surface area contributed by atoms with Crippen molar-refractivity contribution in [3.63, 3.8) is 0 Å². The molecule has 0 bridgehead atoms. The van der Waals surface area contributed by atoms with Crippen molar-refractivity contribution in [2.24, 2.45) is 0 Å². The van der Waals surface area contributed by atoms with Gasteiger partial charge in [0.05, 0.1) is 0 Å². The van der Waals surface area contributed by atoms with E-state index < -0.39 is 0 Å². The molecule has 3 heterocycles. The van der Waals surface area contributed by atoms with Gasteiger partial charge in [-0.05, 0) is 103 Å². The third kappa shape index (κ3) is 9.37. The van der Waals surface area contributed by atoms with Gasteiger partial charge in [0.1, 0.15) is 5.82 Å². The molecule has 2 aromatic heterocycles. The van der Waals surface area contributed by atoms with E-state index in [-0.39, 0.29) is 42.7 Å². The van der Waals surface area contributed by atoms with Gasteiger partial charge in [-0.3, -0.25) is 0 Å². The van der Waals surface area contributed by atoms with Crippen molar-refractivity contribution in [3.8, 4) is 28.4 Å². The van der Waals surface area contributed by atoms with Crippen LogP contribution in [-0.2, 0) is 42.7 Å². The minimum absolute atomic E-state index is 0. The summed E-state index contributed by atoms with van der Waals surface area (Å²) in [7, 11) is 0. The standard InChI is InChI=1S/C64H61N4O.Pt/c1-61(2,3)48-26-29-58-57(39-48)56-28-27-54(42-59(56)68(58)60-40-49(30-31-65-60)63(7,8)46-22-16-12-17-23-46)69-55-38-51(64(9,10)47-24-18-13-19-25-47)37-53(41-55)67-33-32-66(43-67)52-35-45(44-20-14-11-15-21-44)34-50(36-52)62(4,5)6;/h11-40,43H,1-10H3;/q-3;. The van der Waals surface area contributed by atoms with Crippen molar-refractivity contribution in [3.05, 3.63) is 235 Å². The summed E-state index contributed by atoms with van der Waals surface area (Å²) < 4.78 is 9.21. The molecule has 0 amide bonds. The Balaban J connectivity index is 0.00000608. The monoisotopic (exact) mass is 1100 g/mol. The van der Waals surface area contributed by atoms with Crippen LogP contribution in [0.4, 0.5) is 11.4 Å². The fourth-order valence-corrected chi connectivity index (χ4v) is 9.50. The number of anilines is 2. The van der Waals surface area contributed by atoms with Gasteiger partial charge >= 0.3 is 0 Å². The number of ether oxygens (including phenoxy) is 1. The normalized spacial score (nSPS) is 13.3. The van der Waals surface area contributed by atoms with Gasteiger partial charge in [0.2, 0.25) is 0 Å². The summed E-state index contributed by atoms with van der Waals surface area (Å²) in [6.07, 6.45) is 6.15. The number of hydrogen-bond acceptors (Lipinski definition) is 4. The number of fused-ring (bicyclic) bond motifs is 3. The number of aromatic nitrogens is 2. The molecule has 0 saturated heterocycles. The molecular formula is C64H61N4OPt-3. The predicted octanol–water partition coefficient (Wildman–Crippen LogP) is 16.4. The quantitative estimate of drug-likeness (QED) is 0.128. The Labute approximate surface area is 429 Å². The van der Waals surface area contributed by atoms with Gasteiger partial charge in [-0.1, -0.05) is 184 Å². The van der Waals surface area contributed by atoms with Gasteiger partial charge < -0.3 is 19.1 Å². The molecule has 0 atom stereocenters. The number of nitrogens with zero attached hydrogens (tertiary/aromatic N) is 4. The first-order chi connectivity index (χ1) is 32.9. The smallest absolute Gasteiger partial charge is 0.135 e. The number of hydrogen-bond donors (Lipinski definition) is 0. The van der Waals surface area contributed by atoms with Crippen LogP contribution in [0.5, 0.6) is 11.5 Å². The van der Waals surface area contributed by atoms with Gasteiger partial charge in [0.15, 0.2) is 0 Å². The molecule has 5 nitrogen and oxygen atoms in total. The van der Waals surface area contributed by atoms with Crippen molar-refractivity contribution in [1.29, 1.82) is 0 Å². The third-order valence-electron chi connectivity index (χ3n) is 14.1. The molecule has 356 valence electrons. The minimum Gasteiger partial charge on any atom is -0.509 e. The topological polar surface area (TPSA) is 33.5 Å². The maximum Gasteiger partial charge on any atom is 0.135 e. The van der Waals surface area contributed by atoms with E-state index in [0.29, 0.717) is 11.5 Å². The molecule has 0 radical (unpaired) electrons. The second-order valence-corrected chi connectivity index (χ2v) is 21.6. The number of benzene rings is 7. The summed E-state index contributed by atoms with van der Waals surface area (Å²) in [6.45, 7) is 24.8. The van der Waals surface area contributed by atoms with Crippen LogP contribution in [0.15, 0.2) is 182 Å². The van der Waals surface area contributed by atoms with E-state index in [0.717, 1.165) is 44.6 Å². The first kappa shape index (κ1) is 48.3. The largest absolute Gasteiger partial charge is 0.509 e. The summed E-state index contributed by atoms with van der Waals surface area (Å²) in [5, 5.41) is 2.24. The Morgan fingerprint density at radius 1 is 0.471 bits per heavy atom. The number of rotatable bonds is 10. The molecule has 10 rings (SSSR count). The van der Waals surface area contributed by atoms with E-state index >= 15 is 0 Å². The zero-order chi connectivity index (χ0) is 48.3. The van der Waals surface area contributed by atoms with Gasteiger partial charge in [0, 0.05) is 55.4 Å². The van der Waals surface area contributed by atoms with Crippen LogP contribution in [0.3, 0.4) is 0 Å². The summed E-state index contributed by atoms with van der Waals surface area (Å²) in [5.41, 5.74) is 12.9. The van der Waals surface area contributed by atoms with Gasteiger partial charge in [0.25, 0.3) is 0 Å². The zero-order valence-electron chi connectivity index (χ0n) is 41.9. The van der Waals surface area contributed by atoms with Crippen LogP contribution < -0.4 is 14.5 Å². The van der Waals surface area contributed by atoms with E-state index in [9.17, 15) is 0 Å². The molecular weight excluding hydrogens is 1040 g/mol. The third-order valence-corrected chi connectivity index (χ3v) is 14.1. The molecule has 7 aromatic carbocycles. The maximum absolute atomic E-state index is 6.97. The second-order valence-electron chi connectivity index (χ2n) is 21.6. The van der Waals surface area contributed by atoms with Crippen LogP contribution in [0.2, 0.25) is 0 Å². The first-order valence-electron chi connectivity index (χ1n) is 24.1. The van der Waals surface area contributed by atoms with Crippen molar-refractivity contribution < 1.29 is 25.8 Å². The molecule has 0 saturated carbocycles. The van der Waals surface area contributed by atoms with Crippen LogP contribution in [0, 0.1) is 18.8 Å². The van der Waals surface area contributed by atoms with Gasteiger partial charge in [-0.2, -0.15) is 6.07 Å². The molecule has 0 N–H and O–H groups in total. The zero-order valence-corrected chi connectivity index (χ0v) is 44.2. The van der Waals surface area contributed by atoms with Crippen molar-refractivity contribution in [2.75, 3.05) is 9.80 Å². The summed E-state index contributed by atoms with van der Waals surface area (Å²) in [4.78, 5) is 9.37. The molecule has 0 aliphatic carbocycles. The van der Waals surface area contributed by atoms with E-state index in [1.54, 1.807) is 0 Å². The molecule has 9 aromatic rings. The van der Waals surface area contributed by atoms with Crippen LogP contribution >= 0.6 is 0 Å². The first-order valence-corrected chi connectivity index (χ1v) is 24.1. The molecule has 0 fully saturated rings. The van der Waals surface area contributed by atoms with Crippen molar-refractivity contribution >= 4 is 33.2 Å². The summed E-state index contributed by atoms with van der Waals surface area (Å²) in [6, 6.07) is 66.1. The Morgan fingerprint density at radius 2 is 1.10 bits per heavy atom. The van der Waals surface area contributed by atoms with E-state index in [1.165, 1.54) is 38.9 Å². The van der Waals surface area contributed by atoms with E-state index in [2.05, 4.69) is 273 Å². The molecule has 0 spiro atoms. The van der Waals surface area contributed by atoms with Gasteiger partial charge in [-0.25, -0.2) is 4.98 Å². The maximum atomic E-state index is 6.97. The summed E-state index contributed by atoms with van der Waals surface area (Å²) >= 11 is 0. The summed E-state index contributed by atoms with van der Waals surface area (Å²) in [5.74, 6) is 2.03. The van der Waals surface area contributed by atoms with E-state index in [4.69, 9.17) is 9.72 Å². The Bertz CT molecular complexity index is 3360. The van der Waals surface area contributed by atoms with Crippen molar-refractivity contribution in [2.45, 2.75) is 90.9 Å². The fourth-order valence-electron chi connectivity index (χ4n) is 9.50. The Morgan fingerprint density at radius 3 is 1.76 bits per heavy atom. The fraction of sp³-hybridized carbons (Fsp3) is 0.219. The second kappa shape index (κ2) is 18.6. The van der Waals surface area contributed by atoms with Crippen LogP contribution in [-0.4, -0.2) is 9.55 Å². The number of pyridine rings is 1. The van der Waals surface area contributed by atoms with Crippen LogP contribution in [0.25, 0.3) is 38.8 Å². The Hall–Kier alpha value is -6.68. The van der Waals surface area contributed by atoms with E-state index in [1.807, 2.05) is 12.3 Å². The predicted molar refractivity (Wildman–Crippen MR) is 288 cm³/mol. The van der Waals surface area contributed by atoms with Crippen LogP contribution in [0.1, 0.15) is 103 Å². The molecule has 1 aliphatic rings. The SMILES string of the molecule is CC(C)(C)c1cc(-c2ccccc2)cc(N2C=CN(c3[c-]c(Oc4[c-]c5c(cc4)c4cc(C(C)(C)C)ccc4n5-c4cc(C(C)(C)c5ccccc5)ccn4)cc(C(C)(C)c4ccccc4)c3)[CH-]2)c1.[Pt]. The average Bonchev–Trinajstić information content (AvgIpc) is 3.98. The van der Waals surface area contributed by atoms with Crippen molar-refractivity contribution in [1.82, 2.24) is 9.55 Å².